The molecule has 0 radical (unpaired) electrons. The molecule has 3 nitrogen and oxygen atoms in total. The third kappa shape index (κ3) is 8.25. The molecule has 6 aromatic carbocycles. The summed E-state index contributed by atoms with van der Waals surface area (Å²) < 4.78 is 4.47. The van der Waals surface area contributed by atoms with Gasteiger partial charge in [-0.15, -0.1) is 23.2 Å². The van der Waals surface area contributed by atoms with Gasteiger partial charge in [0, 0.05) is 53.0 Å². The molecule has 8 aromatic rings. The fourth-order valence-corrected chi connectivity index (χ4v) is 7.54. The monoisotopic (exact) mass is 834 g/mol. The van der Waals surface area contributed by atoms with E-state index in [4.69, 9.17) is 69.6 Å². The van der Waals surface area contributed by atoms with Crippen molar-refractivity contribution in [2.24, 2.45) is 0 Å². The summed E-state index contributed by atoms with van der Waals surface area (Å²) in [6.07, 6.45) is 1.81. The lowest BCUT2D eigenvalue weighted by molar-refractivity contribution is 0.0531. The minimum absolute atomic E-state index is 0.194. The van der Waals surface area contributed by atoms with E-state index in [1.165, 1.54) is 5.56 Å². The van der Waals surface area contributed by atoms with Crippen LogP contribution >= 0.6 is 69.6 Å². The van der Waals surface area contributed by atoms with Crippen LogP contribution in [0.25, 0.3) is 55.0 Å². The van der Waals surface area contributed by atoms with Crippen LogP contribution < -0.4 is 0 Å². The summed E-state index contributed by atoms with van der Waals surface area (Å²) in [7, 11) is 0. The third-order valence-electron chi connectivity index (χ3n) is 10.1. The molecule has 2 heterocycles. The lowest BCUT2D eigenvalue weighted by atomic mass is 9.93. The van der Waals surface area contributed by atoms with Gasteiger partial charge in [-0.3, -0.25) is 0 Å². The number of fused-ring (bicyclic) bond motifs is 6. The number of aromatic nitrogens is 2. The molecule has 0 fully saturated rings. The molecular weight excluding hydrogens is 797 g/mol. The van der Waals surface area contributed by atoms with Crippen LogP contribution in [0.3, 0.4) is 0 Å². The number of benzene rings is 6. The van der Waals surface area contributed by atoms with Crippen LogP contribution in [-0.2, 0) is 5.60 Å². The summed E-state index contributed by atoms with van der Waals surface area (Å²) in [4.78, 5) is 0. The molecule has 0 bridgehead atoms. The first-order valence-electron chi connectivity index (χ1n) is 17.7. The lowest BCUT2D eigenvalue weighted by Gasteiger charge is -2.22. The van der Waals surface area contributed by atoms with E-state index in [1.807, 2.05) is 98.8 Å². The van der Waals surface area contributed by atoms with Crippen molar-refractivity contribution in [2.45, 2.75) is 52.1 Å². The molecule has 2 atom stereocenters. The van der Waals surface area contributed by atoms with Crippen LogP contribution in [0.1, 0.15) is 57.6 Å². The van der Waals surface area contributed by atoms with Gasteiger partial charge in [-0.05, 0) is 134 Å². The highest BCUT2D eigenvalue weighted by atomic mass is 35.5. The van der Waals surface area contributed by atoms with Gasteiger partial charge in [0.25, 0.3) is 0 Å². The molecule has 0 spiro atoms. The SMILES string of the molecule is CCC(C)(O)c1ccc(-n2c3ccc(Cl)cc3c3cc(Cl)ccc32)cc1.CCC(C)c1ccc(-n2c3ccc(Cl)cc3c3cc(Cl)ccc32)cc1.ClCCl. The molecule has 8 rings (SSSR count). The Kier molecular flexibility index (Phi) is 12.8. The Morgan fingerprint density at radius 3 is 1.15 bits per heavy atom. The van der Waals surface area contributed by atoms with E-state index in [0.29, 0.717) is 22.4 Å². The van der Waals surface area contributed by atoms with Crippen LogP contribution in [0.2, 0.25) is 20.1 Å². The van der Waals surface area contributed by atoms with E-state index in [-0.39, 0.29) is 5.34 Å². The summed E-state index contributed by atoms with van der Waals surface area (Å²) >= 11 is 34.5. The maximum atomic E-state index is 10.5. The van der Waals surface area contributed by atoms with Gasteiger partial charge in [-0.1, -0.05) is 91.4 Å². The van der Waals surface area contributed by atoms with Crippen LogP contribution in [0, 0.1) is 0 Å². The molecule has 2 unspecified atom stereocenters. The molecule has 1 N–H and O–H groups in total. The zero-order chi connectivity index (χ0) is 38.7. The lowest BCUT2D eigenvalue weighted by Crippen LogP contribution is -2.19. The van der Waals surface area contributed by atoms with Gasteiger partial charge in [-0.25, -0.2) is 0 Å². The van der Waals surface area contributed by atoms with Crippen LogP contribution in [-0.4, -0.2) is 19.6 Å². The smallest absolute Gasteiger partial charge is 0.0967 e. The van der Waals surface area contributed by atoms with Crippen molar-refractivity contribution < 1.29 is 5.11 Å². The van der Waals surface area contributed by atoms with Crippen molar-refractivity contribution in [3.8, 4) is 11.4 Å². The first-order chi connectivity index (χ1) is 25.9. The maximum Gasteiger partial charge on any atom is 0.0967 e. The fourth-order valence-electron chi connectivity index (χ4n) is 6.85. The molecule has 0 saturated carbocycles. The maximum absolute atomic E-state index is 10.5. The van der Waals surface area contributed by atoms with Crippen molar-refractivity contribution in [2.75, 3.05) is 5.34 Å². The summed E-state index contributed by atoms with van der Waals surface area (Å²) in [6.45, 7) is 8.30. The van der Waals surface area contributed by atoms with Crippen molar-refractivity contribution in [3.05, 3.63) is 153 Å². The quantitative estimate of drug-likeness (QED) is 0.166. The molecule has 0 aliphatic rings. The molecule has 9 heteroatoms. The highest BCUT2D eigenvalue weighted by Crippen LogP contribution is 2.37. The van der Waals surface area contributed by atoms with Crippen LogP contribution in [0.5, 0.6) is 0 Å². The molecule has 0 saturated heterocycles. The number of rotatable bonds is 6. The molecule has 54 heavy (non-hydrogen) atoms. The zero-order valence-corrected chi connectivity index (χ0v) is 34.9. The Bertz CT molecular complexity index is 2440. The van der Waals surface area contributed by atoms with Crippen LogP contribution in [0.15, 0.2) is 121 Å². The summed E-state index contributed by atoms with van der Waals surface area (Å²) in [5, 5.41) is 17.9. The van der Waals surface area contributed by atoms with E-state index < -0.39 is 5.60 Å². The van der Waals surface area contributed by atoms with Crippen molar-refractivity contribution in [3.63, 3.8) is 0 Å². The Balaban J connectivity index is 0.000000172. The first kappa shape index (κ1) is 40.3. The van der Waals surface area contributed by atoms with Gasteiger partial charge < -0.3 is 14.2 Å². The number of hydrogen-bond acceptors (Lipinski definition) is 1. The van der Waals surface area contributed by atoms with Gasteiger partial charge in [0.1, 0.15) is 0 Å². The average Bonchev–Trinajstić information content (AvgIpc) is 3.66. The predicted octanol–water partition coefficient (Wildman–Crippen LogP) is 15.7. The third-order valence-corrected chi connectivity index (χ3v) is 11.1. The van der Waals surface area contributed by atoms with Gasteiger partial charge in [0.2, 0.25) is 0 Å². The molecule has 278 valence electrons. The molecular formula is C45H40Cl6N2O. The first-order valence-corrected chi connectivity index (χ1v) is 20.3. The van der Waals surface area contributed by atoms with Gasteiger partial charge in [-0.2, -0.15) is 0 Å². The summed E-state index contributed by atoms with van der Waals surface area (Å²) in [6, 6.07) is 40.8. The van der Waals surface area contributed by atoms with Gasteiger partial charge >= 0.3 is 0 Å². The van der Waals surface area contributed by atoms with E-state index in [1.54, 1.807) is 0 Å². The van der Waals surface area contributed by atoms with Crippen molar-refractivity contribution >= 4 is 113 Å². The largest absolute Gasteiger partial charge is 0.385 e. The zero-order valence-electron chi connectivity index (χ0n) is 30.4. The van der Waals surface area contributed by atoms with Crippen LogP contribution in [0.4, 0.5) is 0 Å². The van der Waals surface area contributed by atoms with Crippen molar-refractivity contribution in [1.82, 2.24) is 9.13 Å². The van der Waals surface area contributed by atoms with Gasteiger partial charge in [0.15, 0.2) is 0 Å². The fraction of sp³-hybridized carbons (Fsp3) is 0.200. The number of halogens is 6. The van der Waals surface area contributed by atoms with Crippen molar-refractivity contribution in [1.29, 1.82) is 0 Å². The summed E-state index contributed by atoms with van der Waals surface area (Å²) in [5.74, 6) is 0.574. The second-order valence-electron chi connectivity index (χ2n) is 13.5. The summed E-state index contributed by atoms with van der Waals surface area (Å²) in [5.41, 5.74) is 8.07. The highest BCUT2D eigenvalue weighted by Gasteiger charge is 2.21. The van der Waals surface area contributed by atoms with E-state index in [2.05, 4.69) is 59.4 Å². The Labute approximate surface area is 346 Å². The number of hydrogen-bond donors (Lipinski definition) is 1. The Morgan fingerprint density at radius 1 is 0.537 bits per heavy atom. The van der Waals surface area contributed by atoms with Gasteiger partial charge in [0.05, 0.1) is 33.0 Å². The second kappa shape index (κ2) is 17.2. The Morgan fingerprint density at radius 2 is 0.852 bits per heavy atom. The van der Waals surface area contributed by atoms with E-state index in [0.717, 1.165) is 77.0 Å². The topological polar surface area (TPSA) is 30.1 Å². The second-order valence-corrected chi connectivity index (χ2v) is 16.0. The number of alkyl halides is 2. The minimum atomic E-state index is -0.819. The number of aliphatic hydroxyl groups is 1. The average molecular weight is 838 g/mol. The van der Waals surface area contributed by atoms with E-state index in [9.17, 15) is 5.11 Å². The van der Waals surface area contributed by atoms with E-state index >= 15 is 0 Å². The standard InChI is InChI=1S/C22H19Cl2NO.C22H19Cl2N.CH2Cl2/c1-3-22(2,26)14-4-8-17(9-5-14)25-20-10-6-15(23)12-18(20)19-13-16(24)7-11-21(19)25;1-3-14(2)15-4-8-18(9-5-15)25-21-10-6-16(23)12-19(21)20-13-17(24)7-11-22(20)25;2-1-3/h4-13,26H,3H2,1-2H3;4-14H,3H2,1-2H3;1H2. The predicted molar refractivity (Wildman–Crippen MR) is 237 cm³/mol. The molecule has 0 aliphatic carbocycles. The highest BCUT2D eigenvalue weighted by molar-refractivity contribution is 6.40. The Hall–Kier alpha value is -3.38. The molecule has 0 aliphatic heterocycles. The minimum Gasteiger partial charge on any atom is -0.385 e. The normalized spacial score (nSPS) is 13.0. The molecule has 0 amide bonds. The molecule has 2 aromatic heterocycles. The number of nitrogens with zero attached hydrogens (tertiary/aromatic N) is 2.